The quantitative estimate of drug-likeness (QED) is 0.602. The number of hydrogen-bond acceptors (Lipinski definition) is 5. The normalized spacial score (nSPS) is 20.0. The molecule has 3 rings (SSSR count). The fourth-order valence-corrected chi connectivity index (χ4v) is 5.04. The predicted octanol–water partition coefficient (Wildman–Crippen LogP) is 2.94. The molecular weight excluding hydrogens is 447 g/mol. The minimum atomic E-state index is -3.90. The van der Waals surface area contributed by atoms with E-state index in [0.29, 0.717) is 25.1 Å². The third kappa shape index (κ3) is 4.54. The van der Waals surface area contributed by atoms with E-state index in [2.05, 4.69) is 15.6 Å². The molecule has 2 aromatic rings. The van der Waals surface area contributed by atoms with Gasteiger partial charge < -0.3 is 10.6 Å². The van der Waals surface area contributed by atoms with Gasteiger partial charge in [-0.15, -0.1) is 0 Å². The highest BCUT2D eigenvalue weighted by Crippen LogP contribution is 2.36. The summed E-state index contributed by atoms with van der Waals surface area (Å²) in [5.74, 6) is -4.73. The zero-order chi connectivity index (χ0) is 23.7. The third-order valence-electron chi connectivity index (χ3n) is 5.24. The maximum atomic E-state index is 14.9. The van der Waals surface area contributed by atoms with E-state index in [9.17, 15) is 26.4 Å². The lowest BCUT2D eigenvalue weighted by Gasteiger charge is -2.43. The molecule has 1 aromatic heterocycles. The Bertz CT molecular complexity index is 1180. The molecule has 8 nitrogen and oxygen atoms in total. The molecule has 1 aromatic carbocycles. The molecule has 1 aliphatic rings. The van der Waals surface area contributed by atoms with Gasteiger partial charge in [-0.25, -0.2) is 30.9 Å². The zero-order valence-electron chi connectivity index (χ0n) is 17.4. The van der Waals surface area contributed by atoms with E-state index >= 15 is 0 Å². The third-order valence-corrected chi connectivity index (χ3v) is 7.11. The lowest BCUT2D eigenvalue weighted by molar-refractivity contribution is 0.101. The molecule has 0 bridgehead atoms. The number of benzene rings is 1. The number of unbranched alkanes of at least 4 members (excludes halogenated alkanes) is 1. The minimum Gasteiger partial charge on any atom is -0.345 e. The number of sulfonamides is 1. The van der Waals surface area contributed by atoms with E-state index in [0.717, 1.165) is 10.4 Å². The standard InChI is InChI=1S/C20H22F3N5O3S/c1-3-4-7-20(11-32(30,31)28(2)19(24)27-20)14-9-13(5-6-15(14)22)26-18(29)17-16(23)8-12(21)10-25-17/h5-6,8-10H,3-4,7,11H2,1-2H3,(H2,24,27)(H,26,29)/t20-/m0/s1. The number of aromatic nitrogens is 1. The number of anilines is 1. The molecular formula is C20H22F3N5O3S. The Labute approximate surface area is 183 Å². The topological polar surface area (TPSA) is 115 Å². The number of halogens is 3. The molecule has 0 unspecified atom stereocenters. The Morgan fingerprint density at radius 2 is 2.00 bits per heavy atom. The van der Waals surface area contributed by atoms with E-state index in [4.69, 9.17) is 5.41 Å². The van der Waals surface area contributed by atoms with Crippen molar-refractivity contribution >= 4 is 27.6 Å². The highest BCUT2D eigenvalue weighted by molar-refractivity contribution is 7.89. The molecule has 0 saturated carbocycles. The van der Waals surface area contributed by atoms with Crippen molar-refractivity contribution in [3.05, 3.63) is 59.2 Å². The minimum absolute atomic E-state index is 0.0532. The summed E-state index contributed by atoms with van der Waals surface area (Å²) in [4.78, 5) is 15.8. The van der Waals surface area contributed by atoms with Crippen molar-refractivity contribution in [2.75, 3.05) is 18.1 Å². The van der Waals surface area contributed by atoms with E-state index in [-0.39, 0.29) is 17.7 Å². The average molecular weight is 469 g/mol. The van der Waals surface area contributed by atoms with Gasteiger partial charge in [-0.05, 0) is 24.6 Å². The molecule has 12 heteroatoms. The van der Waals surface area contributed by atoms with Crippen molar-refractivity contribution in [3.63, 3.8) is 0 Å². The second-order valence-electron chi connectivity index (χ2n) is 7.52. The Morgan fingerprint density at radius 1 is 1.28 bits per heavy atom. The summed E-state index contributed by atoms with van der Waals surface area (Å²) in [6.45, 7) is 1.89. The van der Waals surface area contributed by atoms with Crippen LogP contribution in [0.5, 0.6) is 0 Å². The second-order valence-corrected chi connectivity index (χ2v) is 9.52. The fourth-order valence-electron chi connectivity index (χ4n) is 3.52. The highest BCUT2D eigenvalue weighted by Gasteiger charge is 2.46. The molecule has 1 fully saturated rings. The summed E-state index contributed by atoms with van der Waals surface area (Å²) in [5.41, 5.74) is -2.10. The number of guanidine groups is 1. The molecule has 0 aliphatic carbocycles. The van der Waals surface area contributed by atoms with Crippen LogP contribution in [-0.4, -0.2) is 42.4 Å². The van der Waals surface area contributed by atoms with Crippen LogP contribution in [0.15, 0.2) is 30.5 Å². The summed E-state index contributed by atoms with van der Waals surface area (Å²) < 4.78 is 67.9. The van der Waals surface area contributed by atoms with Crippen LogP contribution in [0.3, 0.4) is 0 Å². The van der Waals surface area contributed by atoms with Crippen LogP contribution in [0, 0.1) is 22.9 Å². The molecule has 172 valence electrons. The van der Waals surface area contributed by atoms with Crippen molar-refractivity contribution in [3.8, 4) is 0 Å². The zero-order valence-corrected chi connectivity index (χ0v) is 18.2. The van der Waals surface area contributed by atoms with Gasteiger partial charge in [0.2, 0.25) is 16.0 Å². The van der Waals surface area contributed by atoms with Gasteiger partial charge in [-0.2, -0.15) is 0 Å². The molecule has 1 saturated heterocycles. The van der Waals surface area contributed by atoms with Crippen LogP contribution in [-0.2, 0) is 15.6 Å². The van der Waals surface area contributed by atoms with Crippen molar-refractivity contribution in [2.45, 2.75) is 31.7 Å². The summed E-state index contributed by atoms with van der Waals surface area (Å²) in [6.07, 6.45) is 2.13. The first-order valence-corrected chi connectivity index (χ1v) is 11.4. The number of nitrogens with one attached hydrogen (secondary N) is 3. The van der Waals surface area contributed by atoms with Gasteiger partial charge in [-0.1, -0.05) is 19.8 Å². The number of rotatable bonds is 6. The summed E-state index contributed by atoms with van der Waals surface area (Å²) >= 11 is 0. The number of carbonyl (C=O) groups excluding carboxylic acids is 1. The predicted molar refractivity (Wildman–Crippen MR) is 112 cm³/mol. The van der Waals surface area contributed by atoms with Crippen LogP contribution in [0.4, 0.5) is 18.9 Å². The van der Waals surface area contributed by atoms with Gasteiger partial charge in [0.05, 0.1) is 17.5 Å². The molecule has 1 amide bonds. The van der Waals surface area contributed by atoms with Crippen molar-refractivity contribution < 1.29 is 26.4 Å². The van der Waals surface area contributed by atoms with Gasteiger partial charge in [0.25, 0.3) is 5.91 Å². The Balaban J connectivity index is 2.01. The average Bonchev–Trinajstić information content (AvgIpc) is 2.71. The number of nitrogens with zero attached hydrogens (tertiary/aromatic N) is 2. The van der Waals surface area contributed by atoms with Crippen LogP contribution in [0.25, 0.3) is 0 Å². The number of carbonyl (C=O) groups is 1. The molecule has 0 radical (unpaired) electrons. The summed E-state index contributed by atoms with van der Waals surface area (Å²) in [6, 6.07) is 4.02. The molecule has 3 N–H and O–H groups in total. The van der Waals surface area contributed by atoms with Crippen LogP contribution < -0.4 is 10.6 Å². The van der Waals surface area contributed by atoms with Gasteiger partial charge in [-0.3, -0.25) is 10.2 Å². The van der Waals surface area contributed by atoms with E-state index in [1.807, 2.05) is 6.92 Å². The highest BCUT2D eigenvalue weighted by atomic mass is 32.2. The maximum Gasteiger partial charge on any atom is 0.277 e. The van der Waals surface area contributed by atoms with E-state index in [1.165, 1.54) is 19.2 Å². The van der Waals surface area contributed by atoms with Crippen molar-refractivity contribution in [1.29, 1.82) is 5.41 Å². The fraction of sp³-hybridized carbons (Fsp3) is 0.350. The first-order chi connectivity index (χ1) is 15.0. The summed E-state index contributed by atoms with van der Waals surface area (Å²) in [7, 11) is -2.68. The SMILES string of the molecule is CCCC[C@@]1(c2cc(NC(=O)c3ncc(F)cc3F)ccc2F)CS(=O)(=O)N(C)C(=N)N1. The largest absolute Gasteiger partial charge is 0.345 e. The molecule has 32 heavy (non-hydrogen) atoms. The molecule has 2 heterocycles. The molecule has 1 aliphatic heterocycles. The van der Waals surface area contributed by atoms with Crippen LogP contribution in [0.2, 0.25) is 0 Å². The summed E-state index contributed by atoms with van der Waals surface area (Å²) in [5, 5.41) is 13.2. The van der Waals surface area contributed by atoms with Crippen molar-refractivity contribution in [1.82, 2.24) is 14.6 Å². The first-order valence-electron chi connectivity index (χ1n) is 9.75. The number of hydrogen-bond donors (Lipinski definition) is 3. The van der Waals surface area contributed by atoms with Gasteiger partial charge in [0.1, 0.15) is 11.6 Å². The second kappa shape index (κ2) is 8.77. The van der Waals surface area contributed by atoms with Crippen LogP contribution >= 0.6 is 0 Å². The van der Waals surface area contributed by atoms with E-state index in [1.54, 1.807) is 0 Å². The van der Waals surface area contributed by atoms with E-state index < -0.39 is 56.3 Å². The lowest BCUT2D eigenvalue weighted by atomic mass is 9.85. The Morgan fingerprint density at radius 3 is 2.62 bits per heavy atom. The molecule has 1 atom stereocenters. The number of pyridine rings is 1. The van der Waals surface area contributed by atoms with Crippen molar-refractivity contribution in [2.24, 2.45) is 0 Å². The van der Waals surface area contributed by atoms with Gasteiger partial charge in [0, 0.05) is 24.4 Å². The van der Waals surface area contributed by atoms with Crippen LogP contribution in [0.1, 0.15) is 42.2 Å². The lowest BCUT2D eigenvalue weighted by Crippen LogP contribution is -2.62. The van der Waals surface area contributed by atoms with Gasteiger partial charge >= 0.3 is 0 Å². The Hall–Kier alpha value is -3.15. The first kappa shape index (κ1) is 23.5. The number of amides is 1. The maximum absolute atomic E-state index is 14.9. The smallest absolute Gasteiger partial charge is 0.277 e. The monoisotopic (exact) mass is 469 g/mol. The van der Waals surface area contributed by atoms with Gasteiger partial charge in [0.15, 0.2) is 11.5 Å². The Kier molecular flexibility index (Phi) is 6.44. The molecule has 0 spiro atoms.